The Morgan fingerprint density at radius 2 is 0.639 bits per heavy atom. The van der Waals surface area contributed by atoms with Crippen molar-refractivity contribution in [2.45, 2.75) is 460 Å². The van der Waals surface area contributed by atoms with Crippen LogP contribution in [0, 0.1) is 0 Å². The number of hydrogen-bond acceptors (Lipinski definition) is 13. The molecule has 1 amide bonds. The summed E-state index contributed by atoms with van der Waals surface area (Å²) in [7, 11) is 0. The molecule has 2 saturated heterocycles. The van der Waals surface area contributed by atoms with Gasteiger partial charge in [0, 0.05) is 6.42 Å². The Labute approximate surface area is 661 Å². The second kappa shape index (κ2) is 76.3. The number of carbonyl (C=O) groups excluding carboxylic acids is 1. The molecular formula is C94H167NO13. The van der Waals surface area contributed by atoms with Gasteiger partial charge in [0.15, 0.2) is 12.6 Å². The number of rotatable bonds is 76. The Kier molecular flexibility index (Phi) is 71.2. The van der Waals surface area contributed by atoms with E-state index in [-0.39, 0.29) is 18.9 Å². The van der Waals surface area contributed by atoms with Gasteiger partial charge in [0.25, 0.3) is 0 Å². The number of ether oxygens (including phenoxy) is 4. The Morgan fingerprint density at radius 1 is 0.343 bits per heavy atom. The highest BCUT2D eigenvalue weighted by Gasteiger charge is 2.51. The van der Waals surface area contributed by atoms with E-state index in [1.165, 1.54) is 270 Å². The molecule has 108 heavy (non-hydrogen) atoms. The van der Waals surface area contributed by atoms with Gasteiger partial charge in [-0.2, -0.15) is 0 Å². The van der Waals surface area contributed by atoms with Crippen LogP contribution in [-0.2, 0) is 23.7 Å². The van der Waals surface area contributed by atoms with Crippen molar-refractivity contribution in [3.05, 3.63) is 109 Å². The summed E-state index contributed by atoms with van der Waals surface area (Å²) in [6, 6.07) is -0.922. The number of aliphatic hydroxyl groups is 8. The average molecular weight is 1520 g/mol. The standard InChI is InChI=1S/C94H167NO13/c1-3-5-7-9-11-13-15-17-19-21-23-25-27-29-31-33-35-37-38-39-40-41-42-43-44-46-48-50-52-54-56-58-60-62-64-66-68-70-72-74-76-78-86(99)95-82(81-105-93-91(104)89(102)92(85(80-97)107-93)108-94-90(103)88(101)87(100)84(79-96)106-94)83(98)77-75-73-71-69-67-65-63-61-59-57-55-53-51-49-47-45-36-34-32-30-28-26-24-22-20-18-16-14-12-10-8-6-4-2/h5,7,11,13,17,19,23,25,29,31,35,37,39-40,42-43,75,77,82-85,87-94,96-98,100-104H,3-4,6,8-10,12,14-16,18,20-22,24,26-28,30,32-34,36,38,41,44-74,76,78-81H2,1-2H3,(H,95,99)/b7-5-,13-11-,19-17-,25-23-,31-29-,37-35-,40-39-,43-42-,77-75+. The number of unbranched alkanes of at least 4 members (excludes halogenated alkanes) is 47. The van der Waals surface area contributed by atoms with E-state index < -0.39 is 86.8 Å². The second-order valence-electron chi connectivity index (χ2n) is 31.4. The van der Waals surface area contributed by atoms with E-state index >= 15 is 0 Å². The first-order chi connectivity index (χ1) is 53.1. The van der Waals surface area contributed by atoms with E-state index in [2.05, 4.69) is 116 Å². The van der Waals surface area contributed by atoms with Gasteiger partial charge in [-0.1, -0.05) is 406 Å². The monoisotopic (exact) mass is 1520 g/mol. The molecule has 2 fully saturated rings. The van der Waals surface area contributed by atoms with Crippen molar-refractivity contribution in [2.75, 3.05) is 19.8 Å². The Balaban J connectivity index is 1.57. The third-order valence-corrected chi connectivity index (χ3v) is 21.5. The molecule has 626 valence electrons. The lowest BCUT2D eigenvalue weighted by atomic mass is 9.97. The summed E-state index contributed by atoms with van der Waals surface area (Å²) >= 11 is 0. The molecule has 0 aliphatic carbocycles. The SMILES string of the molecule is CC/C=C\C/C=C\C/C=C\C/C=C\C/C=C\C/C=C\C/C=C\C/C=C\CCCCCCCCCCCCCCCCCCC(=O)NC(COC1OC(CO)C(OC2OC(CO)C(O)C(O)C2O)C(O)C1O)C(O)/C=C/CCCCCCCCCCCCCCCCCCCCCCCCCCCCCCCCC. The van der Waals surface area contributed by atoms with Crippen LogP contribution >= 0.6 is 0 Å². The van der Waals surface area contributed by atoms with Crippen LogP contribution in [0.3, 0.4) is 0 Å². The van der Waals surface area contributed by atoms with Crippen LogP contribution in [-0.4, -0.2) is 140 Å². The summed E-state index contributed by atoms with van der Waals surface area (Å²) in [5.74, 6) is -0.236. The molecule has 0 saturated carbocycles. The van der Waals surface area contributed by atoms with E-state index in [4.69, 9.17) is 18.9 Å². The number of aliphatic hydroxyl groups excluding tert-OH is 8. The van der Waals surface area contributed by atoms with Gasteiger partial charge in [-0.3, -0.25) is 4.79 Å². The third kappa shape index (κ3) is 57.6. The van der Waals surface area contributed by atoms with Crippen molar-refractivity contribution in [2.24, 2.45) is 0 Å². The van der Waals surface area contributed by atoms with Gasteiger partial charge in [-0.05, 0) is 83.5 Å². The first-order valence-electron chi connectivity index (χ1n) is 45.1. The topological polar surface area (TPSA) is 228 Å². The summed E-state index contributed by atoms with van der Waals surface area (Å²) in [6.07, 6.45) is 94.8. The zero-order valence-corrected chi connectivity index (χ0v) is 69.1. The van der Waals surface area contributed by atoms with E-state index in [0.717, 1.165) is 89.9 Å². The molecule has 12 atom stereocenters. The molecule has 2 rings (SSSR count). The van der Waals surface area contributed by atoms with Crippen molar-refractivity contribution in [1.29, 1.82) is 0 Å². The molecule has 0 aromatic carbocycles. The fourth-order valence-electron chi connectivity index (χ4n) is 14.4. The number of hydrogen-bond donors (Lipinski definition) is 9. The van der Waals surface area contributed by atoms with Crippen molar-refractivity contribution in [1.82, 2.24) is 5.32 Å². The molecule has 0 aromatic rings. The molecule has 0 bridgehead atoms. The van der Waals surface area contributed by atoms with Crippen LogP contribution in [0.5, 0.6) is 0 Å². The first-order valence-corrected chi connectivity index (χ1v) is 45.1. The quantitative estimate of drug-likeness (QED) is 0.0204. The average Bonchev–Trinajstić information content (AvgIpc) is 0.789. The largest absolute Gasteiger partial charge is 0.394 e. The Hall–Kier alpha value is -3.35. The molecule has 0 radical (unpaired) electrons. The van der Waals surface area contributed by atoms with Gasteiger partial charge in [0.1, 0.15) is 48.8 Å². The van der Waals surface area contributed by atoms with Gasteiger partial charge in [-0.15, -0.1) is 0 Å². The van der Waals surface area contributed by atoms with E-state index in [0.29, 0.717) is 6.42 Å². The predicted octanol–water partition coefficient (Wildman–Crippen LogP) is 22.1. The fourth-order valence-corrected chi connectivity index (χ4v) is 14.4. The number of carbonyl (C=O) groups is 1. The van der Waals surface area contributed by atoms with Gasteiger partial charge < -0.3 is 65.1 Å². The maximum atomic E-state index is 13.4. The van der Waals surface area contributed by atoms with Crippen LogP contribution in [0.25, 0.3) is 0 Å². The second-order valence-corrected chi connectivity index (χ2v) is 31.4. The molecule has 14 nitrogen and oxygen atoms in total. The van der Waals surface area contributed by atoms with Gasteiger partial charge in [0.2, 0.25) is 5.91 Å². The van der Waals surface area contributed by atoms with Gasteiger partial charge >= 0.3 is 0 Å². The highest BCUT2D eigenvalue weighted by molar-refractivity contribution is 5.76. The zero-order valence-electron chi connectivity index (χ0n) is 69.1. The number of amides is 1. The summed E-state index contributed by atoms with van der Waals surface area (Å²) < 4.78 is 23.0. The highest BCUT2D eigenvalue weighted by Crippen LogP contribution is 2.31. The maximum absolute atomic E-state index is 13.4. The lowest BCUT2D eigenvalue weighted by Crippen LogP contribution is -2.65. The fraction of sp³-hybridized carbons (Fsp3) is 0.798. The molecule has 2 aliphatic rings. The molecule has 2 heterocycles. The van der Waals surface area contributed by atoms with Crippen LogP contribution < -0.4 is 5.32 Å². The summed E-state index contributed by atoms with van der Waals surface area (Å²) in [4.78, 5) is 13.4. The lowest BCUT2D eigenvalue weighted by molar-refractivity contribution is -0.359. The Bertz CT molecular complexity index is 2240. The molecule has 14 heteroatoms. The summed E-state index contributed by atoms with van der Waals surface area (Å²) in [5.41, 5.74) is 0. The van der Waals surface area contributed by atoms with Gasteiger partial charge in [-0.25, -0.2) is 0 Å². The molecule has 2 aliphatic heterocycles. The third-order valence-electron chi connectivity index (χ3n) is 21.5. The molecule has 12 unspecified atom stereocenters. The van der Waals surface area contributed by atoms with Crippen LogP contribution in [0.1, 0.15) is 386 Å². The smallest absolute Gasteiger partial charge is 0.220 e. The van der Waals surface area contributed by atoms with Crippen molar-refractivity contribution < 1.29 is 64.6 Å². The maximum Gasteiger partial charge on any atom is 0.220 e. The minimum Gasteiger partial charge on any atom is -0.394 e. The van der Waals surface area contributed by atoms with Crippen molar-refractivity contribution >= 4 is 5.91 Å². The van der Waals surface area contributed by atoms with Crippen molar-refractivity contribution in [3.8, 4) is 0 Å². The van der Waals surface area contributed by atoms with Crippen LogP contribution in [0.4, 0.5) is 0 Å². The molecule has 0 spiro atoms. The highest BCUT2D eigenvalue weighted by atomic mass is 16.7. The summed E-state index contributed by atoms with van der Waals surface area (Å²) in [6.45, 7) is 2.74. The zero-order chi connectivity index (χ0) is 77.9. The van der Waals surface area contributed by atoms with Crippen LogP contribution in [0.15, 0.2) is 109 Å². The minimum absolute atomic E-state index is 0.236. The Morgan fingerprint density at radius 3 is 0.981 bits per heavy atom. The lowest BCUT2D eigenvalue weighted by Gasteiger charge is -2.46. The van der Waals surface area contributed by atoms with E-state index in [1.807, 2.05) is 6.08 Å². The van der Waals surface area contributed by atoms with Crippen molar-refractivity contribution in [3.63, 3.8) is 0 Å². The van der Waals surface area contributed by atoms with Crippen LogP contribution in [0.2, 0.25) is 0 Å². The minimum atomic E-state index is -1.79. The number of nitrogens with one attached hydrogen (secondary N) is 1. The molecule has 9 N–H and O–H groups in total. The molecule has 0 aromatic heterocycles. The predicted molar refractivity (Wildman–Crippen MR) is 452 cm³/mol. The van der Waals surface area contributed by atoms with E-state index in [9.17, 15) is 45.6 Å². The first kappa shape index (κ1) is 101. The molecular weight excluding hydrogens is 1350 g/mol. The number of allylic oxidation sites excluding steroid dienone is 17. The summed E-state index contributed by atoms with van der Waals surface area (Å²) in [5, 5.41) is 87.9. The van der Waals surface area contributed by atoms with Gasteiger partial charge in [0.05, 0.1) is 32.0 Å². The normalized spacial score (nSPS) is 21.6. The van der Waals surface area contributed by atoms with E-state index in [1.54, 1.807) is 6.08 Å².